The number of aliphatic hydroxyl groups is 2. The van der Waals surface area contributed by atoms with Gasteiger partial charge in [-0.1, -0.05) is 91.4 Å². The quantitative estimate of drug-likeness (QED) is 0.131. The predicted octanol–water partition coefficient (Wildman–Crippen LogP) is 8.55. The number of fused-ring (bicyclic) bond motifs is 8. The van der Waals surface area contributed by atoms with Gasteiger partial charge in [0.25, 0.3) is 10.0 Å². The van der Waals surface area contributed by atoms with Crippen LogP contribution in [-0.4, -0.2) is 66.2 Å². The molecular weight excluding hydrogens is 703 g/mol. The van der Waals surface area contributed by atoms with Crippen molar-refractivity contribution in [3.05, 3.63) is 124 Å². The summed E-state index contributed by atoms with van der Waals surface area (Å²) in [4.78, 5) is 15.0. The molecule has 2 fully saturated rings. The molecule has 2 bridgehead atoms. The predicted molar refractivity (Wildman–Crippen MR) is 211 cm³/mol. The van der Waals surface area contributed by atoms with Crippen molar-refractivity contribution in [3.8, 4) is 11.1 Å². The van der Waals surface area contributed by atoms with Crippen LogP contribution in [0.15, 0.2) is 106 Å². The van der Waals surface area contributed by atoms with Crippen LogP contribution in [0.4, 0.5) is 0 Å². The fourth-order valence-electron chi connectivity index (χ4n) is 8.98. The number of hydrogen-bond acceptors (Lipinski definition) is 7. The molecule has 1 aliphatic heterocycles. The average Bonchev–Trinajstić information content (AvgIpc) is 3.94. The lowest BCUT2D eigenvalue weighted by atomic mass is 9.64. The number of hydrogen-bond donors (Lipinski definition) is 2. The zero-order chi connectivity index (χ0) is 37.2. The maximum Gasteiger partial charge on any atom is 0.252 e. The second-order valence-electron chi connectivity index (χ2n) is 15.6. The third-order valence-electron chi connectivity index (χ3n) is 12.1. The minimum absolute atomic E-state index is 0.0623. The Balaban J connectivity index is 1.34. The van der Waals surface area contributed by atoms with Gasteiger partial charge in [0, 0.05) is 36.2 Å². The Kier molecular flexibility index (Phi) is 11.2. The van der Waals surface area contributed by atoms with Crippen LogP contribution in [0.2, 0.25) is 0 Å². The number of benzene rings is 3. The van der Waals surface area contributed by atoms with E-state index in [0.29, 0.717) is 56.3 Å². The molecule has 0 radical (unpaired) electrons. The summed E-state index contributed by atoms with van der Waals surface area (Å²) in [6.07, 6.45) is 7.10. The summed E-state index contributed by atoms with van der Waals surface area (Å²) in [6.45, 7) is 4.91. The largest absolute Gasteiger partial charge is 0.393 e. The Hall–Kier alpha value is -3.44. The normalized spacial score (nSPS) is 26.7. The molecule has 3 aliphatic carbocycles. The molecule has 1 saturated heterocycles. The molecule has 2 N–H and O–H groups in total. The number of sulfonamides is 1. The fourth-order valence-corrected chi connectivity index (χ4v) is 11.7. The maximum atomic E-state index is 15.0. The van der Waals surface area contributed by atoms with Gasteiger partial charge in [-0.25, -0.2) is 8.42 Å². The van der Waals surface area contributed by atoms with E-state index in [4.69, 9.17) is 4.74 Å². The van der Waals surface area contributed by atoms with Crippen LogP contribution in [0.5, 0.6) is 0 Å². The van der Waals surface area contributed by atoms with E-state index in [1.807, 2.05) is 72.8 Å². The number of allylic oxidation sites excluding steroid dienone is 2. The summed E-state index contributed by atoms with van der Waals surface area (Å²) in [5, 5.41) is 25.9. The first-order chi connectivity index (χ1) is 25.5. The Morgan fingerprint density at radius 1 is 0.962 bits per heavy atom. The number of aliphatic hydroxyl groups excluding tert-OH is 1. The Morgan fingerprint density at radius 3 is 2.51 bits per heavy atom. The van der Waals surface area contributed by atoms with Gasteiger partial charge in [-0.05, 0) is 110 Å². The zero-order valence-electron chi connectivity index (χ0n) is 30.7. The monoisotopic (exact) mass is 753 g/mol. The highest BCUT2D eigenvalue weighted by Crippen LogP contribution is 2.59. The molecule has 7 nitrogen and oxygen atoms in total. The number of carbonyl (C=O) groups is 1. The van der Waals surface area contributed by atoms with Crippen LogP contribution in [0.1, 0.15) is 98.2 Å². The summed E-state index contributed by atoms with van der Waals surface area (Å²) in [5.41, 5.74) is 3.72. The molecule has 5 atom stereocenters. The number of rotatable bonds is 9. The summed E-state index contributed by atoms with van der Waals surface area (Å²) in [7, 11) is -3.91. The van der Waals surface area contributed by atoms with Gasteiger partial charge in [0.1, 0.15) is 4.21 Å². The number of carbonyl (C=O) groups excluding carboxylic acids is 1. The minimum Gasteiger partial charge on any atom is -0.393 e. The molecule has 4 aromatic rings. The summed E-state index contributed by atoms with van der Waals surface area (Å²) < 4.78 is 36.2. The van der Waals surface area contributed by atoms with Crippen molar-refractivity contribution in [2.24, 2.45) is 5.41 Å². The van der Waals surface area contributed by atoms with Crippen molar-refractivity contribution in [2.45, 2.75) is 99.6 Å². The molecule has 3 aromatic carbocycles. The first kappa shape index (κ1) is 37.9. The van der Waals surface area contributed by atoms with Crippen molar-refractivity contribution >= 4 is 27.1 Å². The summed E-state index contributed by atoms with van der Waals surface area (Å²) in [6, 6.07) is 27.0. The highest BCUT2D eigenvalue weighted by atomic mass is 32.2. The van der Waals surface area contributed by atoms with Crippen molar-refractivity contribution in [1.82, 2.24) is 4.31 Å². The van der Waals surface area contributed by atoms with Crippen molar-refractivity contribution in [1.29, 1.82) is 0 Å². The number of thiophene rings is 1. The summed E-state index contributed by atoms with van der Waals surface area (Å²) >= 11 is 1.19. The highest BCUT2D eigenvalue weighted by Gasteiger charge is 2.58. The van der Waals surface area contributed by atoms with Gasteiger partial charge in [-0.3, -0.25) is 4.79 Å². The molecule has 8 rings (SSSR count). The SMILES string of the molecule is CC1=CCC[C@@]2(C)[C@@H](CC[C@@]2(O)CN(C[C@H]2CCCO2)S(=O)(=O)c2cccs2)c2ccc(cc2C(=O)c2ccccc2-c2ccccc2)C[C@@H](O)CC1. The first-order valence-corrected chi connectivity index (χ1v) is 21.3. The van der Waals surface area contributed by atoms with Crippen LogP contribution >= 0.6 is 11.3 Å². The molecule has 2 heterocycles. The lowest BCUT2D eigenvalue weighted by Gasteiger charge is -2.46. The number of nitrogens with zero attached hydrogens (tertiary/aromatic N) is 1. The first-order valence-electron chi connectivity index (χ1n) is 19.0. The van der Waals surface area contributed by atoms with Crippen molar-refractivity contribution in [2.75, 3.05) is 19.7 Å². The van der Waals surface area contributed by atoms with E-state index in [1.54, 1.807) is 17.5 Å². The van der Waals surface area contributed by atoms with Gasteiger partial charge in [0.2, 0.25) is 0 Å². The lowest BCUT2D eigenvalue weighted by Crippen LogP contribution is -2.54. The topological polar surface area (TPSA) is 104 Å². The third-order valence-corrected chi connectivity index (χ3v) is 15.3. The van der Waals surface area contributed by atoms with Gasteiger partial charge >= 0.3 is 0 Å². The van der Waals surface area contributed by atoms with Crippen molar-refractivity contribution < 1.29 is 28.2 Å². The zero-order valence-corrected chi connectivity index (χ0v) is 32.4. The van der Waals surface area contributed by atoms with Gasteiger partial charge in [0.05, 0.1) is 17.8 Å². The Morgan fingerprint density at radius 2 is 1.75 bits per heavy atom. The third kappa shape index (κ3) is 7.75. The van der Waals surface area contributed by atoms with Crippen LogP contribution in [0.25, 0.3) is 11.1 Å². The van der Waals surface area contributed by atoms with E-state index < -0.39 is 27.1 Å². The van der Waals surface area contributed by atoms with Gasteiger partial charge in [0.15, 0.2) is 5.78 Å². The molecule has 9 heteroatoms. The van der Waals surface area contributed by atoms with Crippen molar-refractivity contribution in [3.63, 3.8) is 0 Å². The Bertz CT molecular complexity index is 2040. The van der Waals surface area contributed by atoms with Gasteiger partial charge < -0.3 is 14.9 Å². The summed E-state index contributed by atoms with van der Waals surface area (Å²) in [5.74, 6) is -0.336. The fraction of sp³-hybridized carbons (Fsp3) is 0.432. The van der Waals surface area contributed by atoms with E-state index in [-0.39, 0.29) is 35.1 Å². The maximum absolute atomic E-state index is 15.0. The van der Waals surface area contributed by atoms with Gasteiger partial charge in [-0.15, -0.1) is 11.3 Å². The van der Waals surface area contributed by atoms with Crippen LogP contribution in [0.3, 0.4) is 0 Å². The molecule has 0 amide bonds. The smallest absolute Gasteiger partial charge is 0.252 e. The van der Waals surface area contributed by atoms with Gasteiger partial charge in [-0.2, -0.15) is 4.31 Å². The number of ether oxygens (including phenoxy) is 1. The van der Waals surface area contributed by atoms with E-state index in [1.165, 1.54) is 21.2 Å². The van der Waals surface area contributed by atoms with Crippen LogP contribution < -0.4 is 0 Å². The van der Waals surface area contributed by atoms with E-state index in [2.05, 4.69) is 19.9 Å². The standard InChI is InChI=1S/C44H51NO6S2/c1-31-11-8-23-43(2)40(22-24-44(43,48)30-45(29-35-14-9-25-51-35)53(49,50)41-17-10-26-52-41)37-21-19-32(27-34(46)20-18-31)28-39(37)42(47)38-16-7-6-15-36(38)33-12-4-3-5-13-33/h3-7,10-13,15-17,19,21,26,28,34-35,40,46,48H,8-9,14,18,20,22-25,27,29-30H2,1-2H3/t34-,35+,40-,43-,44+/m0/s1. The lowest BCUT2D eigenvalue weighted by molar-refractivity contribution is -0.0754. The minimum atomic E-state index is -3.91. The number of ketones is 1. The van der Waals surface area contributed by atoms with Crippen LogP contribution in [0, 0.1) is 5.41 Å². The average molecular weight is 754 g/mol. The highest BCUT2D eigenvalue weighted by molar-refractivity contribution is 7.91. The molecule has 1 saturated carbocycles. The molecular formula is C44H51NO6S2. The second kappa shape index (κ2) is 15.7. The molecule has 0 unspecified atom stereocenters. The Labute approximate surface area is 318 Å². The molecule has 0 spiro atoms. The van der Waals surface area contributed by atoms with E-state index >= 15 is 0 Å². The van der Waals surface area contributed by atoms with E-state index in [0.717, 1.165) is 41.5 Å². The van der Waals surface area contributed by atoms with Crippen LogP contribution in [-0.2, 0) is 21.2 Å². The molecule has 1 aromatic heterocycles. The second-order valence-corrected chi connectivity index (χ2v) is 18.7. The molecule has 53 heavy (non-hydrogen) atoms. The molecule has 280 valence electrons. The molecule has 4 aliphatic rings. The van der Waals surface area contributed by atoms with E-state index in [9.17, 15) is 23.4 Å².